The maximum Gasteiger partial charge on any atom is 0.338 e. The summed E-state index contributed by atoms with van der Waals surface area (Å²) >= 11 is 0. The van der Waals surface area contributed by atoms with E-state index in [1.54, 1.807) is 62.8 Å². The summed E-state index contributed by atoms with van der Waals surface area (Å²) in [6.45, 7) is 0. The van der Waals surface area contributed by atoms with Crippen molar-refractivity contribution in [2.45, 2.75) is 18.6 Å². The average Bonchev–Trinajstić information content (AvgIpc) is 2.95. The van der Waals surface area contributed by atoms with Gasteiger partial charge in [-0.25, -0.2) is 4.79 Å². The molecular weight excluding hydrogens is 480 g/mol. The number of hydrogen-bond donors (Lipinski definition) is 0. The maximum atomic E-state index is 13.2. The van der Waals surface area contributed by atoms with Crippen molar-refractivity contribution in [3.8, 4) is 40.2 Å². The van der Waals surface area contributed by atoms with Crippen LogP contribution in [0.1, 0.15) is 27.6 Å². The van der Waals surface area contributed by atoms with Gasteiger partial charge >= 0.3 is 5.97 Å². The Morgan fingerprint density at radius 3 is 2.03 bits per heavy atom. The molecule has 37 heavy (non-hydrogen) atoms. The molecule has 0 amide bonds. The molecule has 1 heterocycles. The van der Waals surface area contributed by atoms with Gasteiger partial charge in [-0.05, 0) is 30.3 Å². The molecule has 1 aliphatic heterocycles. The van der Waals surface area contributed by atoms with Gasteiger partial charge in [-0.3, -0.25) is 0 Å². The van der Waals surface area contributed by atoms with Crippen molar-refractivity contribution < 1.29 is 42.7 Å². The highest BCUT2D eigenvalue weighted by molar-refractivity contribution is 5.90. The van der Waals surface area contributed by atoms with E-state index in [4.69, 9.17) is 37.9 Å². The molecule has 0 unspecified atom stereocenters. The van der Waals surface area contributed by atoms with E-state index in [2.05, 4.69) is 0 Å². The number of carbonyl (C=O) groups excluding carboxylic acids is 1. The van der Waals surface area contributed by atoms with E-state index >= 15 is 0 Å². The van der Waals surface area contributed by atoms with Crippen molar-refractivity contribution in [2.75, 3.05) is 42.7 Å². The van der Waals surface area contributed by atoms with Crippen LogP contribution in [-0.4, -0.2) is 54.7 Å². The molecule has 0 spiro atoms. The van der Waals surface area contributed by atoms with Crippen LogP contribution in [0.3, 0.4) is 0 Å². The Kier molecular flexibility index (Phi) is 7.81. The molecule has 4 rings (SSSR count). The van der Waals surface area contributed by atoms with Crippen molar-refractivity contribution in [3.05, 3.63) is 65.2 Å². The third-order valence-electron chi connectivity index (χ3n) is 6.17. The zero-order chi connectivity index (χ0) is 26.5. The summed E-state index contributed by atoms with van der Waals surface area (Å²) < 4.78 is 45.3. The summed E-state index contributed by atoms with van der Waals surface area (Å²) in [5.41, 5.74) is 1.79. The highest BCUT2D eigenvalue weighted by Crippen LogP contribution is 2.46. The van der Waals surface area contributed by atoms with Gasteiger partial charge in [0.1, 0.15) is 29.1 Å². The van der Waals surface area contributed by atoms with E-state index in [0.717, 1.165) is 5.56 Å². The lowest BCUT2D eigenvalue weighted by atomic mass is 9.93. The zero-order valence-electron chi connectivity index (χ0n) is 21.7. The summed E-state index contributed by atoms with van der Waals surface area (Å²) in [6, 6.07) is 13.9. The fourth-order valence-electron chi connectivity index (χ4n) is 4.33. The quantitative estimate of drug-likeness (QED) is 0.382. The first-order valence-electron chi connectivity index (χ1n) is 11.5. The van der Waals surface area contributed by atoms with E-state index in [1.807, 2.05) is 0 Å². The van der Waals surface area contributed by atoms with Crippen LogP contribution in [0.15, 0.2) is 48.5 Å². The van der Waals surface area contributed by atoms with E-state index in [1.165, 1.54) is 28.4 Å². The molecule has 196 valence electrons. The number of fused-ring (bicyclic) bond motifs is 1. The van der Waals surface area contributed by atoms with Crippen LogP contribution in [0.4, 0.5) is 0 Å². The molecule has 0 saturated carbocycles. The molecule has 2 atom stereocenters. The molecule has 9 heteroatoms. The highest BCUT2D eigenvalue weighted by atomic mass is 16.6. The predicted molar refractivity (Wildman–Crippen MR) is 135 cm³/mol. The highest BCUT2D eigenvalue weighted by Gasteiger charge is 2.37. The van der Waals surface area contributed by atoms with Gasteiger partial charge in [0.05, 0.1) is 48.2 Å². The van der Waals surface area contributed by atoms with Gasteiger partial charge in [0.25, 0.3) is 0 Å². The standard InChI is InChI=1S/C28H30O9/c1-30-18-9-7-8-16(10-18)28(29)37-25-15-20-21(32-3)13-19(31-2)14-22(20)36-26(25)17-11-23(33-4)27(35-6)24(12-17)34-5/h7-14,25-26H,15H2,1-6H3/t25-,26-/m1/s1. The Hall–Kier alpha value is -4.27. The van der Waals surface area contributed by atoms with E-state index < -0.39 is 18.2 Å². The summed E-state index contributed by atoms with van der Waals surface area (Å²) in [7, 11) is 9.28. The first kappa shape index (κ1) is 25.8. The average molecular weight is 511 g/mol. The lowest BCUT2D eigenvalue weighted by molar-refractivity contribution is -0.0189. The van der Waals surface area contributed by atoms with Crippen molar-refractivity contribution in [1.82, 2.24) is 0 Å². The van der Waals surface area contributed by atoms with Gasteiger partial charge in [0.15, 0.2) is 17.6 Å². The molecule has 0 saturated heterocycles. The first-order chi connectivity index (χ1) is 18.0. The van der Waals surface area contributed by atoms with E-state index in [9.17, 15) is 4.79 Å². The largest absolute Gasteiger partial charge is 0.497 e. The Morgan fingerprint density at radius 2 is 1.43 bits per heavy atom. The molecule has 1 aliphatic rings. The Balaban J connectivity index is 1.79. The number of carbonyl (C=O) groups is 1. The molecule has 0 aliphatic carbocycles. The SMILES string of the molecule is COc1cccc(C(=O)O[C@@H]2Cc3c(OC)cc(OC)cc3O[C@@H]2c2cc(OC)c(OC)c(OC)c2)c1. The van der Waals surface area contributed by atoms with Crippen LogP contribution in [0.25, 0.3) is 0 Å². The van der Waals surface area contributed by atoms with Crippen LogP contribution in [-0.2, 0) is 11.2 Å². The van der Waals surface area contributed by atoms with Gasteiger partial charge < -0.3 is 37.9 Å². The van der Waals surface area contributed by atoms with Gasteiger partial charge in [-0.1, -0.05) is 6.07 Å². The molecule has 9 nitrogen and oxygen atoms in total. The van der Waals surface area contributed by atoms with Crippen LogP contribution < -0.4 is 33.2 Å². The molecule has 0 fully saturated rings. The lowest BCUT2D eigenvalue weighted by Crippen LogP contribution is -2.35. The van der Waals surface area contributed by atoms with Gasteiger partial charge in [0.2, 0.25) is 5.75 Å². The maximum absolute atomic E-state index is 13.2. The number of benzene rings is 3. The summed E-state index contributed by atoms with van der Waals surface area (Å²) in [6.07, 6.45) is -1.08. The Labute approximate surface area is 215 Å². The van der Waals surface area contributed by atoms with Gasteiger partial charge in [-0.2, -0.15) is 0 Å². The lowest BCUT2D eigenvalue weighted by Gasteiger charge is -2.34. The predicted octanol–water partition coefficient (Wildman–Crippen LogP) is 4.64. The van der Waals surface area contributed by atoms with E-state index in [0.29, 0.717) is 57.8 Å². The van der Waals surface area contributed by atoms with Crippen LogP contribution in [0.2, 0.25) is 0 Å². The normalized spacial score (nSPS) is 16.1. The fraction of sp³-hybridized carbons (Fsp3) is 0.321. The number of esters is 1. The van der Waals surface area contributed by atoms with Crippen molar-refractivity contribution in [1.29, 1.82) is 0 Å². The number of rotatable bonds is 9. The Morgan fingerprint density at radius 1 is 0.757 bits per heavy atom. The molecule has 0 aromatic heterocycles. The second kappa shape index (κ2) is 11.2. The third-order valence-corrected chi connectivity index (χ3v) is 6.17. The summed E-state index contributed by atoms with van der Waals surface area (Å²) in [5.74, 6) is 3.09. The summed E-state index contributed by atoms with van der Waals surface area (Å²) in [4.78, 5) is 13.2. The topological polar surface area (TPSA) is 90.9 Å². The third kappa shape index (κ3) is 5.16. The van der Waals surface area contributed by atoms with Crippen molar-refractivity contribution in [3.63, 3.8) is 0 Å². The van der Waals surface area contributed by atoms with Crippen LogP contribution in [0.5, 0.6) is 40.2 Å². The second-order valence-corrected chi connectivity index (χ2v) is 8.18. The van der Waals surface area contributed by atoms with Crippen molar-refractivity contribution in [2.24, 2.45) is 0 Å². The molecule has 3 aromatic rings. The minimum absolute atomic E-state index is 0.333. The summed E-state index contributed by atoms with van der Waals surface area (Å²) in [5, 5.41) is 0. The molecule has 0 N–H and O–H groups in total. The van der Waals surface area contributed by atoms with Crippen LogP contribution in [0, 0.1) is 0 Å². The molecule has 0 radical (unpaired) electrons. The van der Waals surface area contributed by atoms with E-state index in [-0.39, 0.29) is 0 Å². The monoisotopic (exact) mass is 510 g/mol. The zero-order valence-corrected chi connectivity index (χ0v) is 21.7. The minimum Gasteiger partial charge on any atom is -0.497 e. The van der Waals surface area contributed by atoms with Crippen molar-refractivity contribution >= 4 is 5.97 Å². The van der Waals surface area contributed by atoms with Crippen LogP contribution >= 0.6 is 0 Å². The van der Waals surface area contributed by atoms with Gasteiger partial charge in [-0.15, -0.1) is 0 Å². The van der Waals surface area contributed by atoms with Gasteiger partial charge in [0, 0.05) is 29.7 Å². The number of methoxy groups -OCH3 is 6. The minimum atomic E-state index is -0.712. The smallest absolute Gasteiger partial charge is 0.338 e. The molecular formula is C28H30O9. The molecule has 0 bridgehead atoms. The first-order valence-corrected chi connectivity index (χ1v) is 11.5. The second-order valence-electron chi connectivity index (χ2n) is 8.18. The fourth-order valence-corrected chi connectivity index (χ4v) is 4.33. The molecule has 3 aromatic carbocycles. The number of ether oxygens (including phenoxy) is 8. The Bertz CT molecular complexity index is 1250. The number of hydrogen-bond acceptors (Lipinski definition) is 9.